The normalized spacial score (nSPS) is 25.8. The first kappa shape index (κ1) is 11.8. The van der Waals surface area contributed by atoms with Gasteiger partial charge in [-0.15, -0.1) is 0 Å². The molecule has 0 spiro atoms. The van der Waals surface area contributed by atoms with E-state index in [4.69, 9.17) is 0 Å². The van der Waals surface area contributed by atoms with E-state index in [2.05, 4.69) is 29.6 Å². The summed E-state index contributed by atoms with van der Waals surface area (Å²) in [7, 11) is 0. The molecule has 0 unspecified atom stereocenters. The van der Waals surface area contributed by atoms with Gasteiger partial charge in [-0.05, 0) is 43.7 Å². The number of anilines is 1. The molecule has 0 bridgehead atoms. The summed E-state index contributed by atoms with van der Waals surface area (Å²) in [5.74, 6) is 1.46. The molecule has 3 rings (SSSR count). The van der Waals surface area contributed by atoms with Crippen LogP contribution in [0, 0.1) is 11.8 Å². The van der Waals surface area contributed by atoms with Crippen molar-refractivity contribution >= 4 is 11.5 Å². The maximum atomic E-state index is 12.1. The van der Waals surface area contributed by atoms with Crippen molar-refractivity contribution in [3.05, 3.63) is 30.3 Å². The van der Waals surface area contributed by atoms with Crippen LogP contribution in [0.2, 0.25) is 0 Å². The third-order valence-electron chi connectivity index (χ3n) is 4.27. The van der Waals surface area contributed by atoms with E-state index in [0.29, 0.717) is 11.8 Å². The van der Waals surface area contributed by atoms with Crippen LogP contribution >= 0.6 is 0 Å². The Balaban J connectivity index is 1.73. The van der Waals surface area contributed by atoms with E-state index in [-0.39, 0.29) is 5.92 Å². The molecule has 0 amide bonds. The summed E-state index contributed by atoms with van der Waals surface area (Å²) in [5.41, 5.74) is 1.16. The van der Waals surface area contributed by atoms with Crippen molar-refractivity contribution in [2.75, 3.05) is 5.32 Å². The van der Waals surface area contributed by atoms with Crippen LogP contribution in [0.3, 0.4) is 0 Å². The van der Waals surface area contributed by atoms with Crippen LogP contribution in [-0.4, -0.2) is 11.8 Å². The van der Waals surface area contributed by atoms with Gasteiger partial charge in [-0.3, -0.25) is 4.79 Å². The molecule has 2 saturated carbocycles. The van der Waals surface area contributed by atoms with E-state index in [9.17, 15) is 4.79 Å². The van der Waals surface area contributed by atoms with Crippen LogP contribution in [0.5, 0.6) is 0 Å². The molecule has 18 heavy (non-hydrogen) atoms. The molecular formula is C16H21NO. The van der Waals surface area contributed by atoms with E-state index in [1.807, 2.05) is 6.07 Å². The fourth-order valence-electron chi connectivity index (χ4n) is 3.12. The Morgan fingerprint density at radius 1 is 1.06 bits per heavy atom. The molecule has 0 aliphatic heterocycles. The molecule has 1 N–H and O–H groups in total. The minimum atomic E-state index is 0.256. The highest BCUT2D eigenvalue weighted by Crippen LogP contribution is 2.40. The van der Waals surface area contributed by atoms with Crippen LogP contribution < -0.4 is 5.32 Å². The fourth-order valence-corrected chi connectivity index (χ4v) is 3.12. The van der Waals surface area contributed by atoms with Gasteiger partial charge in [-0.2, -0.15) is 0 Å². The third-order valence-corrected chi connectivity index (χ3v) is 4.27. The molecule has 2 aliphatic carbocycles. The molecule has 2 atom stereocenters. The van der Waals surface area contributed by atoms with Crippen molar-refractivity contribution in [3.63, 3.8) is 0 Å². The number of nitrogens with one attached hydrogen (secondary N) is 1. The van der Waals surface area contributed by atoms with Crippen molar-refractivity contribution in [1.82, 2.24) is 0 Å². The van der Waals surface area contributed by atoms with Crippen LogP contribution in [0.15, 0.2) is 30.3 Å². The number of rotatable bonds is 4. The highest BCUT2D eigenvalue weighted by Gasteiger charge is 2.40. The van der Waals surface area contributed by atoms with Gasteiger partial charge in [-0.25, -0.2) is 0 Å². The van der Waals surface area contributed by atoms with E-state index in [1.54, 1.807) is 0 Å². The minimum Gasteiger partial charge on any atom is -0.381 e. The third kappa shape index (κ3) is 2.58. The molecular weight excluding hydrogens is 222 g/mol. The van der Waals surface area contributed by atoms with E-state index < -0.39 is 0 Å². The zero-order valence-electron chi connectivity index (χ0n) is 10.8. The quantitative estimate of drug-likeness (QED) is 0.874. The second kappa shape index (κ2) is 5.13. The van der Waals surface area contributed by atoms with E-state index >= 15 is 0 Å². The summed E-state index contributed by atoms with van der Waals surface area (Å²) in [6.07, 6.45) is 6.76. The number of carbonyl (C=O) groups excluding carboxylic acids is 1. The number of benzene rings is 1. The molecule has 2 nitrogen and oxygen atoms in total. The topological polar surface area (TPSA) is 29.1 Å². The molecule has 1 aromatic carbocycles. The summed E-state index contributed by atoms with van der Waals surface area (Å²) < 4.78 is 0. The first-order valence-corrected chi connectivity index (χ1v) is 7.19. The lowest BCUT2D eigenvalue weighted by atomic mass is 9.81. The lowest BCUT2D eigenvalue weighted by Crippen LogP contribution is -2.38. The maximum absolute atomic E-state index is 12.1. The average Bonchev–Trinajstić information content (AvgIpc) is 3.23. The zero-order chi connectivity index (χ0) is 12.4. The molecule has 2 aliphatic rings. The van der Waals surface area contributed by atoms with Gasteiger partial charge < -0.3 is 5.32 Å². The average molecular weight is 243 g/mol. The van der Waals surface area contributed by atoms with Gasteiger partial charge in [-0.1, -0.05) is 24.6 Å². The number of para-hydroxylation sites is 1. The van der Waals surface area contributed by atoms with Crippen molar-refractivity contribution in [2.24, 2.45) is 11.8 Å². The standard InChI is InChI=1S/C16H21NO/c18-15-9-5-4-8-14(15)16(12-10-11-12)17-13-6-2-1-3-7-13/h1-3,6-7,12,14,16-17H,4-5,8-11H2/t14-,16+/m0/s1. The molecule has 1 aromatic rings. The van der Waals surface area contributed by atoms with Crippen LogP contribution in [0.1, 0.15) is 38.5 Å². The van der Waals surface area contributed by atoms with Crippen molar-refractivity contribution in [2.45, 2.75) is 44.6 Å². The van der Waals surface area contributed by atoms with Crippen molar-refractivity contribution in [1.29, 1.82) is 0 Å². The summed E-state index contributed by atoms with van der Waals surface area (Å²) >= 11 is 0. The van der Waals surface area contributed by atoms with Crippen LogP contribution in [-0.2, 0) is 4.79 Å². The highest BCUT2D eigenvalue weighted by atomic mass is 16.1. The van der Waals surface area contributed by atoms with Crippen LogP contribution in [0.4, 0.5) is 5.69 Å². The Hall–Kier alpha value is -1.31. The van der Waals surface area contributed by atoms with Crippen LogP contribution in [0.25, 0.3) is 0 Å². The monoisotopic (exact) mass is 243 g/mol. The molecule has 0 radical (unpaired) electrons. The number of Topliss-reactive ketones (excluding diaryl/α,β-unsaturated/α-hetero) is 1. The maximum Gasteiger partial charge on any atom is 0.138 e. The first-order chi connectivity index (χ1) is 8.84. The SMILES string of the molecule is O=C1CCCC[C@@H]1[C@H](Nc1ccccc1)C1CC1. The summed E-state index contributed by atoms with van der Waals surface area (Å²) in [4.78, 5) is 12.1. The van der Waals surface area contributed by atoms with E-state index in [1.165, 1.54) is 19.3 Å². The number of hydrogen-bond acceptors (Lipinski definition) is 2. The van der Waals surface area contributed by atoms with Gasteiger partial charge in [0, 0.05) is 24.1 Å². The lowest BCUT2D eigenvalue weighted by Gasteiger charge is -2.30. The Morgan fingerprint density at radius 2 is 1.83 bits per heavy atom. The Kier molecular flexibility index (Phi) is 3.35. The first-order valence-electron chi connectivity index (χ1n) is 7.19. The van der Waals surface area contributed by atoms with Crippen molar-refractivity contribution in [3.8, 4) is 0 Å². The summed E-state index contributed by atoms with van der Waals surface area (Å²) in [6.45, 7) is 0. The van der Waals surface area contributed by atoms with Gasteiger partial charge >= 0.3 is 0 Å². The van der Waals surface area contributed by atoms with Gasteiger partial charge in [0.2, 0.25) is 0 Å². The fraction of sp³-hybridized carbons (Fsp3) is 0.562. The molecule has 0 heterocycles. The van der Waals surface area contributed by atoms with Gasteiger partial charge in [0.15, 0.2) is 0 Å². The highest BCUT2D eigenvalue weighted by molar-refractivity contribution is 5.83. The minimum absolute atomic E-state index is 0.256. The van der Waals surface area contributed by atoms with E-state index in [0.717, 1.165) is 30.9 Å². The molecule has 96 valence electrons. The summed E-state index contributed by atoms with van der Waals surface area (Å²) in [5, 5.41) is 3.62. The number of carbonyl (C=O) groups is 1. The molecule has 2 heteroatoms. The lowest BCUT2D eigenvalue weighted by molar-refractivity contribution is -0.125. The Labute approximate surface area is 109 Å². The molecule has 0 aromatic heterocycles. The predicted molar refractivity (Wildman–Crippen MR) is 73.5 cm³/mol. The molecule has 0 saturated heterocycles. The number of hydrogen-bond donors (Lipinski definition) is 1. The van der Waals surface area contributed by atoms with Gasteiger partial charge in [0.25, 0.3) is 0 Å². The Morgan fingerprint density at radius 3 is 2.50 bits per heavy atom. The van der Waals surface area contributed by atoms with Gasteiger partial charge in [0.05, 0.1) is 0 Å². The Bertz CT molecular complexity index is 410. The number of ketones is 1. The zero-order valence-corrected chi connectivity index (χ0v) is 10.8. The smallest absolute Gasteiger partial charge is 0.138 e. The predicted octanol–water partition coefficient (Wildman–Crippen LogP) is 3.64. The van der Waals surface area contributed by atoms with Gasteiger partial charge in [0.1, 0.15) is 5.78 Å². The summed E-state index contributed by atoms with van der Waals surface area (Å²) in [6, 6.07) is 10.7. The van der Waals surface area contributed by atoms with Crippen molar-refractivity contribution < 1.29 is 4.79 Å². The second-order valence-corrected chi connectivity index (χ2v) is 5.69. The molecule has 2 fully saturated rings. The largest absolute Gasteiger partial charge is 0.381 e. The second-order valence-electron chi connectivity index (χ2n) is 5.69.